The number of hydrogen-bond donors (Lipinski definition) is 0. The Balaban J connectivity index is 3.27. The molecule has 0 saturated carbocycles. The number of nitrogens with zero attached hydrogens (tertiary/aromatic N) is 4. The van der Waals surface area contributed by atoms with E-state index in [1.165, 1.54) is 6.07 Å². The largest absolute Gasteiger partial charge is 0.498 e. The summed E-state index contributed by atoms with van der Waals surface area (Å²) >= 11 is 0. The van der Waals surface area contributed by atoms with E-state index in [1.54, 1.807) is 0 Å². The van der Waals surface area contributed by atoms with Crippen LogP contribution in [0.3, 0.4) is 0 Å². The fraction of sp³-hybridized carbons (Fsp3) is 0. The number of nitro groups is 1. The topological polar surface area (TPSA) is 124 Å². The van der Waals surface area contributed by atoms with Crippen molar-refractivity contribution in [3.63, 3.8) is 0 Å². The zero-order valence-electron chi connectivity index (χ0n) is 5.33. The molecule has 0 spiro atoms. The van der Waals surface area contributed by atoms with Crippen LogP contribution in [-0.4, -0.2) is 10.1 Å². The molecule has 0 unspecified atom stereocenters. The van der Waals surface area contributed by atoms with E-state index < -0.39 is 16.4 Å². The molecule has 0 amide bonds. The molecular formula is C3N4O5. The van der Waals surface area contributed by atoms with Crippen LogP contribution in [0.15, 0.2) is 4.63 Å². The van der Waals surface area contributed by atoms with Crippen molar-refractivity contribution in [3.05, 3.63) is 31.2 Å². The van der Waals surface area contributed by atoms with Crippen LogP contribution in [0.2, 0.25) is 0 Å². The molecule has 1 heterocycles. The molecule has 0 aliphatic carbocycles. The molecule has 0 radical (unpaired) electrons. The summed E-state index contributed by atoms with van der Waals surface area (Å²) in [4.78, 5) is 8.73. The third kappa shape index (κ3) is 1.08. The first-order valence-corrected chi connectivity index (χ1v) is 2.49. The molecular weight excluding hydrogens is 172 g/mol. The summed E-state index contributed by atoms with van der Waals surface area (Å²) in [6.07, 6.45) is 0. The van der Waals surface area contributed by atoms with Crippen LogP contribution in [-0.2, 0) is 0 Å². The fourth-order valence-corrected chi connectivity index (χ4v) is 0.495. The SMILES string of the molecule is O=[N+]([O-])c1no[n+]([O-])c1C#[N+][O-]. The Morgan fingerprint density at radius 3 is 2.92 bits per heavy atom. The maximum Gasteiger partial charge on any atom is 0.456 e. The normalized spacial score (nSPS) is 8.67. The quantitative estimate of drug-likeness (QED) is 0.316. The average Bonchev–Trinajstić information content (AvgIpc) is 2.34. The van der Waals surface area contributed by atoms with Gasteiger partial charge in [-0.25, -0.2) is 0 Å². The van der Waals surface area contributed by atoms with Gasteiger partial charge in [0.15, 0.2) is 0 Å². The van der Waals surface area contributed by atoms with Crippen LogP contribution in [0.1, 0.15) is 5.69 Å². The minimum absolute atomic E-state index is 0.334. The maximum atomic E-state index is 10.5. The van der Waals surface area contributed by atoms with Gasteiger partial charge < -0.3 is 20.5 Å². The lowest BCUT2D eigenvalue weighted by molar-refractivity contribution is -0.804. The molecule has 62 valence electrons. The maximum absolute atomic E-state index is 10.5. The van der Waals surface area contributed by atoms with Gasteiger partial charge in [-0.3, -0.25) is 4.63 Å². The van der Waals surface area contributed by atoms with Gasteiger partial charge in [-0.05, 0) is 9.83 Å². The van der Waals surface area contributed by atoms with Crippen LogP contribution in [0.5, 0.6) is 0 Å². The first kappa shape index (κ1) is 7.73. The molecule has 12 heavy (non-hydrogen) atoms. The van der Waals surface area contributed by atoms with Crippen molar-refractivity contribution in [2.45, 2.75) is 0 Å². The van der Waals surface area contributed by atoms with Crippen LogP contribution in [0.25, 0.3) is 5.01 Å². The molecule has 0 aliphatic rings. The molecule has 0 bridgehead atoms. The standard InChI is InChI=1S/C3N4O5/c8-4-1-2-3(6(9)10)5-12-7(2)11. The Morgan fingerprint density at radius 1 is 1.75 bits per heavy atom. The third-order valence-electron chi connectivity index (χ3n) is 0.920. The van der Waals surface area contributed by atoms with E-state index in [0.717, 1.165) is 0 Å². The Morgan fingerprint density at radius 2 is 2.42 bits per heavy atom. The molecule has 0 aromatic carbocycles. The third-order valence-corrected chi connectivity index (χ3v) is 0.920. The molecule has 1 aromatic rings. The second-order valence-electron chi connectivity index (χ2n) is 1.56. The van der Waals surface area contributed by atoms with Crippen LogP contribution >= 0.6 is 0 Å². The zero-order chi connectivity index (χ0) is 9.14. The van der Waals surface area contributed by atoms with Crippen molar-refractivity contribution in [3.8, 4) is 6.07 Å². The molecule has 1 aromatic heterocycles. The van der Waals surface area contributed by atoms with E-state index in [4.69, 9.17) is 0 Å². The number of rotatable bonds is 1. The fourth-order valence-electron chi connectivity index (χ4n) is 0.495. The van der Waals surface area contributed by atoms with E-state index in [0.29, 0.717) is 0 Å². The van der Waals surface area contributed by atoms with E-state index in [-0.39, 0.29) is 4.90 Å². The lowest BCUT2D eigenvalue weighted by Crippen LogP contribution is -2.26. The van der Waals surface area contributed by atoms with Crippen molar-refractivity contribution in [2.75, 3.05) is 0 Å². The second-order valence-corrected chi connectivity index (χ2v) is 1.56. The monoisotopic (exact) mass is 172 g/mol. The van der Waals surface area contributed by atoms with Gasteiger partial charge in [-0.1, -0.05) is 0 Å². The molecule has 0 saturated heterocycles. The van der Waals surface area contributed by atoms with Crippen LogP contribution in [0, 0.1) is 26.6 Å². The molecule has 9 heteroatoms. The predicted octanol–water partition coefficient (Wildman–Crippen LogP) is -0.605. The Bertz CT molecular complexity index is 372. The summed E-state index contributed by atoms with van der Waals surface area (Å²) < 4.78 is 3.82. The summed E-state index contributed by atoms with van der Waals surface area (Å²) in [5.41, 5.74) is -0.755. The molecule has 0 atom stereocenters. The number of aromatic nitrogens is 2. The van der Waals surface area contributed by atoms with E-state index >= 15 is 0 Å². The van der Waals surface area contributed by atoms with Crippen molar-refractivity contribution in [1.82, 2.24) is 5.16 Å². The van der Waals surface area contributed by atoms with Gasteiger partial charge in [0.25, 0.3) is 0 Å². The lowest BCUT2D eigenvalue weighted by atomic mass is 10.5. The Kier molecular flexibility index (Phi) is 1.74. The zero-order valence-corrected chi connectivity index (χ0v) is 5.33. The Hall–Kier alpha value is -2.37. The van der Waals surface area contributed by atoms with Gasteiger partial charge in [0.05, 0.1) is 5.16 Å². The van der Waals surface area contributed by atoms with Gasteiger partial charge >= 0.3 is 17.6 Å². The highest BCUT2D eigenvalue weighted by atomic mass is 16.8. The smallest absolute Gasteiger partial charge is 0.456 e. The lowest BCUT2D eigenvalue weighted by Gasteiger charge is -1.82. The summed E-state index contributed by atoms with van der Waals surface area (Å²) in [7, 11) is 0. The molecule has 0 aliphatic heterocycles. The summed E-state index contributed by atoms with van der Waals surface area (Å²) in [6.45, 7) is 0. The Labute approximate surface area is 63.9 Å². The van der Waals surface area contributed by atoms with Crippen molar-refractivity contribution in [1.29, 1.82) is 0 Å². The summed E-state index contributed by atoms with van der Waals surface area (Å²) in [6, 6.07) is 1.53. The van der Waals surface area contributed by atoms with Gasteiger partial charge in [-0.2, -0.15) is 0 Å². The molecule has 9 nitrogen and oxygen atoms in total. The molecule has 1 rings (SSSR count). The molecule has 0 N–H and O–H groups in total. The first-order chi connectivity index (χ1) is 5.66. The van der Waals surface area contributed by atoms with Gasteiger partial charge in [-0.15, -0.1) is 0 Å². The van der Waals surface area contributed by atoms with Crippen LogP contribution in [0.4, 0.5) is 5.82 Å². The highest BCUT2D eigenvalue weighted by Gasteiger charge is 2.28. The van der Waals surface area contributed by atoms with Crippen molar-refractivity contribution < 1.29 is 14.5 Å². The average molecular weight is 172 g/mol. The van der Waals surface area contributed by atoms with Crippen molar-refractivity contribution >= 4 is 5.82 Å². The van der Waals surface area contributed by atoms with Crippen molar-refractivity contribution in [2.24, 2.45) is 0 Å². The van der Waals surface area contributed by atoms with E-state index in [9.17, 15) is 20.5 Å². The highest BCUT2D eigenvalue weighted by Crippen LogP contribution is 2.08. The summed E-state index contributed by atoms with van der Waals surface area (Å²) in [5, 5.41) is 34.9. The second kappa shape index (κ2) is 2.70. The van der Waals surface area contributed by atoms with Crippen LogP contribution < -0.4 is 4.90 Å². The number of hydrogen-bond acceptors (Lipinski definition) is 6. The van der Waals surface area contributed by atoms with E-state index in [2.05, 4.69) is 14.8 Å². The van der Waals surface area contributed by atoms with Gasteiger partial charge in [0, 0.05) is 5.01 Å². The van der Waals surface area contributed by atoms with Gasteiger partial charge in [0.1, 0.15) is 0 Å². The predicted molar refractivity (Wildman–Crippen MR) is 31.8 cm³/mol. The minimum Gasteiger partial charge on any atom is -0.498 e. The van der Waals surface area contributed by atoms with Gasteiger partial charge in [0.2, 0.25) is 0 Å². The first-order valence-electron chi connectivity index (χ1n) is 2.49. The minimum atomic E-state index is -0.995. The van der Waals surface area contributed by atoms with E-state index in [1.807, 2.05) is 0 Å². The molecule has 0 fully saturated rings. The summed E-state index contributed by atoms with van der Waals surface area (Å²) in [5.74, 6) is -0.899. The highest BCUT2D eigenvalue weighted by molar-refractivity contribution is 5.33.